The van der Waals surface area contributed by atoms with Crippen LogP contribution in [0.25, 0.3) is 0 Å². The van der Waals surface area contributed by atoms with Crippen LogP contribution < -0.4 is 0 Å². The van der Waals surface area contributed by atoms with Crippen molar-refractivity contribution in [1.82, 2.24) is 0 Å². The second-order valence-corrected chi connectivity index (χ2v) is 2.72. The van der Waals surface area contributed by atoms with Crippen LogP contribution >= 0.6 is 0 Å². The molecule has 1 aliphatic carbocycles. The Hall–Kier alpha value is -0.303. The van der Waals surface area contributed by atoms with Crippen LogP contribution in [0.15, 0.2) is 23.4 Å². The topological polar surface area (TPSA) is 0 Å². The van der Waals surface area contributed by atoms with Crippen molar-refractivity contribution >= 4 is 9.38 Å². The molecule has 0 N–H and O–H groups in total. The first kappa shape index (κ1) is 2.87. The van der Waals surface area contributed by atoms with E-state index in [4.69, 9.17) is 2.47 Å². The lowest BCUT2D eigenvalue weighted by molar-refractivity contribution is 1.40. The first-order chi connectivity index (χ1) is 4.11. The SMILES string of the molecule is [2H][Si]([2H])(C)C1=CC=CC1. The smallest absolute Gasteiger partial charge is 0.0469 e. The molecule has 0 nitrogen and oxygen atoms in total. The number of hydrogen-bond acceptors (Lipinski definition) is 0. The molecule has 0 fully saturated rings. The van der Waals surface area contributed by atoms with Crippen molar-refractivity contribution in [3.63, 3.8) is 0 Å². The minimum Gasteiger partial charge on any atom is -0.0845 e. The summed E-state index contributed by atoms with van der Waals surface area (Å²) in [5.41, 5.74) is 0. The van der Waals surface area contributed by atoms with Gasteiger partial charge in [-0.05, 0) is 6.42 Å². The molecule has 0 heterocycles. The lowest BCUT2D eigenvalue weighted by atomic mass is 10.5. The molecule has 1 rings (SSSR count). The Kier molecular flexibility index (Phi) is 0.871. The van der Waals surface area contributed by atoms with Gasteiger partial charge in [0.1, 0.15) is 0 Å². The molecule has 0 aromatic heterocycles. The van der Waals surface area contributed by atoms with E-state index < -0.39 is 9.38 Å². The summed E-state index contributed by atoms with van der Waals surface area (Å²) >= 11 is 0. The average molecular weight is 112 g/mol. The van der Waals surface area contributed by atoms with Gasteiger partial charge in [-0.25, -0.2) is 0 Å². The van der Waals surface area contributed by atoms with Crippen LogP contribution in [0.1, 0.15) is 6.42 Å². The molecule has 0 aliphatic heterocycles. The number of rotatable bonds is 1. The molecule has 0 amide bonds. The molecule has 1 aliphatic rings. The first-order valence-electron chi connectivity index (χ1n) is 3.47. The normalized spacial score (nSPS) is 23.9. The Bertz CT molecular complexity index is 164. The molecule has 0 radical (unpaired) electrons. The van der Waals surface area contributed by atoms with Gasteiger partial charge in [0.05, 0.1) is 0 Å². The fourth-order valence-electron chi connectivity index (χ4n) is 0.633. The lowest BCUT2D eigenvalue weighted by Gasteiger charge is -1.87. The van der Waals surface area contributed by atoms with Crippen LogP contribution in [-0.4, -0.2) is 11.9 Å². The average Bonchev–Trinajstić information content (AvgIpc) is 2.08. The molecule has 0 spiro atoms. The van der Waals surface area contributed by atoms with E-state index in [9.17, 15) is 0 Å². The maximum atomic E-state index is 7.43. The van der Waals surface area contributed by atoms with Gasteiger partial charge in [-0.3, -0.25) is 0 Å². The Morgan fingerprint density at radius 1 is 2.00 bits per heavy atom. The van der Waals surface area contributed by atoms with Crippen molar-refractivity contribution in [2.45, 2.75) is 13.0 Å². The largest absolute Gasteiger partial charge is 0.0845 e. The van der Waals surface area contributed by atoms with Crippen LogP contribution in [0.3, 0.4) is 0 Å². The van der Waals surface area contributed by atoms with Crippen LogP contribution in [0.4, 0.5) is 0 Å². The molecule has 0 aromatic carbocycles. The summed E-state index contributed by atoms with van der Waals surface area (Å²) in [6.45, 7) is 1.73. The van der Waals surface area contributed by atoms with E-state index in [1.807, 2.05) is 18.2 Å². The van der Waals surface area contributed by atoms with Crippen molar-refractivity contribution in [2.75, 3.05) is 0 Å². The Balaban J connectivity index is 2.66. The fraction of sp³-hybridized carbons (Fsp3) is 0.333. The van der Waals surface area contributed by atoms with Crippen LogP contribution in [0.2, 0.25) is 6.55 Å². The van der Waals surface area contributed by atoms with Crippen molar-refractivity contribution in [3.05, 3.63) is 23.4 Å². The van der Waals surface area contributed by atoms with Crippen LogP contribution in [0.5, 0.6) is 0 Å². The number of hydrogen-bond donors (Lipinski definition) is 0. The Morgan fingerprint density at radius 2 is 2.86 bits per heavy atom. The van der Waals surface area contributed by atoms with Crippen molar-refractivity contribution in [2.24, 2.45) is 0 Å². The minimum atomic E-state index is -2.43. The van der Waals surface area contributed by atoms with Gasteiger partial charge in [-0.15, -0.1) is 0 Å². The lowest BCUT2D eigenvalue weighted by Crippen LogP contribution is -1.83. The first-order valence-corrected chi connectivity index (χ1v) is 3.97. The molecule has 1 heteroatoms. The van der Waals surface area contributed by atoms with Crippen molar-refractivity contribution in [1.29, 1.82) is 2.47 Å². The highest BCUT2D eigenvalue weighted by Crippen LogP contribution is 2.06. The maximum Gasteiger partial charge on any atom is 0.0469 e. The van der Waals surface area contributed by atoms with Crippen LogP contribution in [0, 0.1) is 0 Å². The van der Waals surface area contributed by atoms with E-state index >= 15 is 0 Å². The summed E-state index contributed by atoms with van der Waals surface area (Å²) in [6.07, 6.45) is 6.69. The Morgan fingerprint density at radius 3 is 3.14 bits per heavy atom. The van der Waals surface area contributed by atoms with Gasteiger partial charge in [0.2, 0.25) is 0 Å². The number of allylic oxidation sites excluding steroid dienone is 4. The van der Waals surface area contributed by atoms with E-state index in [2.05, 4.69) is 0 Å². The predicted octanol–water partition coefficient (Wildman–Crippen LogP) is 1.05. The molecule has 7 heavy (non-hydrogen) atoms. The second-order valence-electron chi connectivity index (χ2n) is 1.57. The third kappa shape index (κ3) is 1.03. The van der Waals surface area contributed by atoms with Gasteiger partial charge >= 0.3 is 0 Å². The van der Waals surface area contributed by atoms with Gasteiger partial charge in [-0.2, -0.15) is 0 Å². The highest BCUT2D eigenvalue weighted by molar-refractivity contribution is 6.43. The van der Waals surface area contributed by atoms with Gasteiger partial charge in [-0.1, -0.05) is 30.0 Å². The van der Waals surface area contributed by atoms with E-state index in [1.54, 1.807) is 6.55 Å². The zero-order valence-electron chi connectivity index (χ0n) is 6.44. The third-order valence-electron chi connectivity index (χ3n) is 1.09. The summed E-state index contributed by atoms with van der Waals surface area (Å²) < 4.78 is 14.9. The molecule has 0 aromatic rings. The zero-order valence-corrected chi connectivity index (χ0v) is 5.44. The standard InChI is InChI=1S/C6H10Si/c1-7-6-4-2-3-5-6/h2-4H,5,7H2,1H3/i7D2. The quantitative estimate of drug-likeness (QED) is 0.445. The third-order valence-corrected chi connectivity index (χ3v) is 2.11. The van der Waals surface area contributed by atoms with E-state index in [0.717, 1.165) is 11.6 Å². The highest BCUT2D eigenvalue weighted by atomic mass is 28.2. The van der Waals surface area contributed by atoms with E-state index in [-0.39, 0.29) is 0 Å². The van der Waals surface area contributed by atoms with Crippen LogP contribution in [-0.2, 0) is 0 Å². The molecule has 0 saturated heterocycles. The van der Waals surface area contributed by atoms with Gasteiger partial charge in [0, 0.05) is 11.9 Å². The summed E-state index contributed by atoms with van der Waals surface area (Å²) in [6, 6.07) is 0. The maximum absolute atomic E-state index is 7.43. The molecule has 0 saturated carbocycles. The predicted molar refractivity (Wildman–Crippen MR) is 36.2 cm³/mol. The molecular formula is C6H10Si. The van der Waals surface area contributed by atoms with Gasteiger partial charge in [0.25, 0.3) is 0 Å². The summed E-state index contributed by atoms with van der Waals surface area (Å²) in [5, 5.41) is 1.02. The Labute approximate surface area is 49.2 Å². The highest BCUT2D eigenvalue weighted by Gasteiger charge is 1.92. The second kappa shape index (κ2) is 2.12. The summed E-state index contributed by atoms with van der Waals surface area (Å²) in [4.78, 5) is 0. The zero-order chi connectivity index (χ0) is 6.91. The molecular weight excluding hydrogens is 100 g/mol. The molecule has 38 valence electrons. The van der Waals surface area contributed by atoms with Crippen molar-refractivity contribution < 1.29 is 0 Å². The fourth-order valence-corrected chi connectivity index (χ4v) is 1.22. The molecule has 0 unspecified atom stereocenters. The van der Waals surface area contributed by atoms with Crippen molar-refractivity contribution in [3.8, 4) is 0 Å². The molecule has 0 atom stereocenters. The summed E-state index contributed by atoms with van der Waals surface area (Å²) in [5.74, 6) is 0. The monoisotopic (exact) mass is 112 g/mol. The van der Waals surface area contributed by atoms with E-state index in [1.165, 1.54) is 0 Å². The minimum absolute atomic E-state index is 0.843. The summed E-state index contributed by atoms with van der Waals surface area (Å²) in [7, 11) is -2.43. The van der Waals surface area contributed by atoms with E-state index in [0.29, 0.717) is 0 Å². The van der Waals surface area contributed by atoms with Gasteiger partial charge < -0.3 is 0 Å². The van der Waals surface area contributed by atoms with Gasteiger partial charge in [0.15, 0.2) is 0 Å². The molecule has 0 bridgehead atoms.